The number of thiophene rings is 1. The van der Waals surface area contributed by atoms with Crippen LogP contribution in [-0.4, -0.2) is 13.1 Å². The smallest absolute Gasteiger partial charge is 0.319 e. The van der Waals surface area contributed by atoms with Crippen LogP contribution in [0.25, 0.3) is 0 Å². The SMILES string of the molecule is CN(C(N)=O)c1cccs1. The molecule has 0 spiro atoms. The van der Waals surface area contributed by atoms with E-state index in [0.29, 0.717) is 0 Å². The molecule has 1 heterocycles. The van der Waals surface area contributed by atoms with Crippen LogP contribution in [0, 0.1) is 0 Å². The van der Waals surface area contributed by atoms with E-state index in [1.54, 1.807) is 7.05 Å². The average Bonchev–Trinajstić information content (AvgIpc) is 2.36. The van der Waals surface area contributed by atoms with Gasteiger partial charge in [0, 0.05) is 7.05 Å². The summed E-state index contributed by atoms with van der Waals surface area (Å²) >= 11 is 1.48. The van der Waals surface area contributed by atoms with Crippen molar-refractivity contribution in [2.75, 3.05) is 11.9 Å². The van der Waals surface area contributed by atoms with E-state index < -0.39 is 6.03 Å². The summed E-state index contributed by atoms with van der Waals surface area (Å²) in [6.07, 6.45) is 0. The van der Waals surface area contributed by atoms with Gasteiger partial charge in [-0.3, -0.25) is 4.90 Å². The van der Waals surface area contributed by atoms with Crippen molar-refractivity contribution >= 4 is 22.4 Å². The van der Waals surface area contributed by atoms with Gasteiger partial charge >= 0.3 is 6.03 Å². The molecule has 0 atom stereocenters. The Morgan fingerprint density at radius 1 is 1.80 bits per heavy atom. The standard InChI is InChI=1S/C6H8N2OS/c1-8(6(7)9)5-3-2-4-10-5/h2-4H,1H3,(H2,7,9). The van der Waals surface area contributed by atoms with Gasteiger partial charge in [-0.1, -0.05) is 0 Å². The number of urea groups is 1. The number of hydrogen-bond acceptors (Lipinski definition) is 2. The van der Waals surface area contributed by atoms with E-state index >= 15 is 0 Å². The molecule has 0 bridgehead atoms. The molecule has 3 nitrogen and oxygen atoms in total. The number of nitrogens with two attached hydrogens (primary N) is 1. The second-order valence-corrected chi connectivity index (χ2v) is 2.77. The molecule has 0 unspecified atom stereocenters. The lowest BCUT2D eigenvalue weighted by molar-refractivity contribution is 0.255. The van der Waals surface area contributed by atoms with Gasteiger partial charge in [-0.2, -0.15) is 0 Å². The minimum atomic E-state index is -0.428. The molecular formula is C6H8N2OS. The second-order valence-electron chi connectivity index (χ2n) is 1.85. The van der Waals surface area contributed by atoms with Gasteiger partial charge in [0.15, 0.2) is 0 Å². The lowest BCUT2D eigenvalue weighted by Gasteiger charge is -2.09. The van der Waals surface area contributed by atoms with Crippen molar-refractivity contribution < 1.29 is 4.79 Å². The van der Waals surface area contributed by atoms with Gasteiger partial charge in [0.2, 0.25) is 0 Å². The molecule has 0 radical (unpaired) electrons. The zero-order valence-electron chi connectivity index (χ0n) is 5.57. The molecular weight excluding hydrogens is 148 g/mol. The van der Waals surface area contributed by atoms with Crippen LogP contribution < -0.4 is 10.6 Å². The van der Waals surface area contributed by atoms with Gasteiger partial charge in [-0.15, -0.1) is 11.3 Å². The number of carbonyl (C=O) groups excluding carboxylic acids is 1. The van der Waals surface area contributed by atoms with Crippen molar-refractivity contribution in [3.05, 3.63) is 17.5 Å². The third-order valence-electron chi connectivity index (χ3n) is 1.17. The average molecular weight is 156 g/mol. The Bertz CT molecular complexity index is 220. The second kappa shape index (κ2) is 2.70. The number of nitrogens with zero attached hydrogens (tertiary/aromatic N) is 1. The Labute approximate surface area is 63.1 Å². The normalized spacial score (nSPS) is 9.30. The highest BCUT2D eigenvalue weighted by Crippen LogP contribution is 2.18. The van der Waals surface area contributed by atoms with E-state index in [-0.39, 0.29) is 0 Å². The number of anilines is 1. The van der Waals surface area contributed by atoms with Crippen molar-refractivity contribution in [1.82, 2.24) is 0 Å². The van der Waals surface area contributed by atoms with Crippen molar-refractivity contribution in [3.8, 4) is 0 Å². The molecule has 0 aliphatic rings. The number of hydrogen-bond donors (Lipinski definition) is 1. The summed E-state index contributed by atoms with van der Waals surface area (Å²) in [5.74, 6) is 0. The van der Waals surface area contributed by atoms with E-state index in [1.807, 2.05) is 17.5 Å². The number of rotatable bonds is 1. The Hall–Kier alpha value is -1.03. The highest BCUT2D eigenvalue weighted by molar-refractivity contribution is 7.14. The van der Waals surface area contributed by atoms with E-state index in [4.69, 9.17) is 5.73 Å². The van der Waals surface area contributed by atoms with Crippen LogP contribution in [0.3, 0.4) is 0 Å². The van der Waals surface area contributed by atoms with E-state index in [2.05, 4.69) is 0 Å². The molecule has 0 fully saturated rings. The molecule has 0 aliphatic carbocycles. The Balaban J connectivity index is 2.77. The molecule has 0 aliphatic heterocycles. The van der Waals surface area contributed by atoms with Gasteiger partial charge in [0.25, 0.3) is 0 Å². The molecule has 0 saturated carbocycles. The van der Waals surface area contributed by atoms with E-state index in [0.717, 1.165) is 5.00 Å². The van der Waals surface area contributed by atoms with Crippen molar-refractivity contribution in [2.45, 2.75) is 0 Å². The minimum absolute atomic E-state index is 0.428. The topological polar surface area (TPSA) is 46.3 Å². The quantitative estimate of drug-likeness (QED) is 0.653. The highest BCUT2D eigenvalue weighted by atomic mass is 32.1. The van der Waals surface area contributed by atoms with Crippen LogP contribution in [0.1, 0.15) is 0 Å². The molecule has 10 heavy (non-hydrogen) atoms. The maximum absolute atomic E-state index is 10.6. The largest absolute Gasteiger partial charge is 0.351 e. The van der Waals surface area contributed by atoms with Gasteiger partial charge < -0.3 is 5.73 Å². The maximum atomic E-state index is 10.6. The molecule has 54 valence electrons. The first kappa shape index (κ1) is 7.08. The number of amides is 2. The fraction of sp³-hybridized carbons (Fsp3) is 0.167. The van der Waals surface area contributed by atoms with Crippen LogP contribution in [0.5, 0.6) is 0 Å². The van der Waals surface area contributed by atoms with Gasteiger partial charge in [0.05, 0.1) is 5.00 Å². The van der Waals surface area contributed by atoms with Crippen molar-refractivity contribution in [3.63, 3.8) is 0 Å². The summed E-state index contributed by atoms with van der Waals surface area (Å²) in [7, 11) is 1.65. The third-order valence-corrected chi connectivity index (χ3v) is 2.11. The third kappa shape index (κ3) is 1.27. The molecule has 2 N–H and O–H groups in total. The first-order chi connectivity index (χ1) is 4.72. The predicted octanol–water partition coefficient (Wildman–Crippen LogP) is 1.26. The summed E-state index contributed by atoms with van der Waals surface area (Å²) < 4.78 is 0. The maximum Gasteiger partial charge on any atom is 0.319 e. The summed E-state index contributed by atoms with van der Waals surface area (Å²) in [5, 5.41) is 2.77. The van der Waals surface area contributed by atoms with Crippen molar-refractivity contribution in [1.29, 1.82) is 0 Å². The van der Waals surface area contributed by atoms with Gasteiger partial charge in [0.1, 0.15) is 0 Å². The molecule has 1 rings (SSSR count). The van der Waals surface area contributed by atoms with Crippen molar-refractivity contribution in [2.24, 2.45) is 5.73 Å². The lowest BCUT2D eigenvalue weighted by Crippen LogP contribution is -2.30. The highest BCUT2D eigenvalue weighted by Gasteiger charge is 2.04. The molecule has 0 saturated heterocycles. The molecule has 0 aromatic carbocycles. The molecule has 1 aromatic rings. The van der Waals surface area contributed by atoms with Gasteiger partial charge in [-0.25, -0.2) is 4.79 Å². The number of carbonyl (C=O) groups is 1. The summed E-state index contributed by atoms with van der Waals surface area (Å²) in [5.41, 5.74) is 5.02. The van der Waals surface area contributed by atoms with Crippen LogP contribution in [0.2, 0.25) is 0 Å². The molecule has 4 heteroatoms. The van der Waals surface area contributed by atoms with E-state index in [9.17, 15) is 4.79 Å². The fourth-order valence-electron chi connectivity index (χ4n) is 0.569. The minimum Gasteiger partial charge on any atom is -0.351 e. The Kier molecular flexibility index (Phi) is 1.91. The zero-order valence-corrected chi connectivity index (χ0v) is 6.39. The van der Waals surface area contributed by atoms with Gasteiger partial charge in [-0.05, 0) is 17.5 Å². The Morgan fingerprint density at radius 3 is 2.90 bits per heavy atom. The summed E-state index contributed by atoms with van der Waals surface area (Å²) in [4.78, 5) is 12.0. The summed E-state index contributed by atoms with van der Waals surface area (Å²) in [6, 6.07) is 3.29. The summed E-state index contributed by atoms with van der Waals surface area (Å²) in [6.45, 7) is 0. The number of primary amides is 1. The predicted molar refractivity (Wildman–Crippen MR) is 42.3 cm³/mol. The van der Waals surface area contributed by atoms with E-state index in [1.165, 1.54) is 16.2 Å². The molecule has 1 aromatic heterocycles. The first-order valence-electron chi connectivity index (χ1n) is 2.78. The lowest BCUT2D eigenvalue weighted by atomic mass is 10.6. The molecule has 2 amide bonds. The Morgan fingerprint density at radius 2 is 2.50 bits per heavy atom. The van der Waals surface area contributed by atoms with Crippen LogP contribution in [0.15, 0.2) is 17.5 Å². The first-order valence-corrected chi connectivity index (χ1v) is 3.66. The van der Waals surface area contributed by atoms with Crippen LogP contribution in [0.4, 0.5) is 9.80 Å². The monoisotopic (exact) mass is 156 g/mol. The fourth-order valence-corrected chi connectivity index (χ4v) is 1.27. The zero-order chi connectivity index (χ0) is 7.56. The van der Waals surface area contributed by atoms with Crippen LogP contribution in [-0.2, 0) is 0 Å². The van der Waals surface area contributed by atoms with Crippen LogP contribution >= 0.6 is 11.3 Å².